The third-order valence-corrected chi connectivity index (χ3v) is 3.14. The highest BCUT2D eigenvalue weighted by atomic mass is 16.2. The van der Waals surface area contributed by atoms with Crippen molar-refractivity contribution in [2.45, 2.75) is 33.4 Å². The first-order valence-corrected chi connectivity index (χ1v) is 6.33. The second-order valence-electron chi connectivity index (χ2n) is 5.08. The molecule has 1 atom stereocenters. The highest BCUT2D eigenvalue weighted by Crippen LogP contribution is 2.17. The summed E-state index contributed by atoms with van der Waals surface area (Å²) < 4.78 is 0. The quantitative estimate of drug-likeness (QED) is 0.848. The summed E-state index contributed by atoms with van der Waals surface area (Å²) in [6.45, 7) is 6.09. The highest BCUT2D eigenvalue weighted by molar-refractivity contribution is 5.94. The van der Waals surface area contributed by atoms with E-state index in [-0.39, 0.29) is 24.3 Å². The molecule has 1 saturated heterocycles. The van der Waals surface area contributed by atoms with Crippen molar-refractivity contribution in [3.63, 3.8) is 0 Å². The van der Waals surface area contributed by atoms with E-state index >= 15 is 0 Å². The first kappa shape index (κ1) is 13.5. The number of aromatic nitrogens is 2. The third-order valence-electron chi connectivity index (χ3n) is 3.14. The maximum atomic E-state index is 12.0. The molecule has 1 unspecified atom stereocenters. The fourth-order valence-electron chi connectivity index (χ4n) is 2.19. The highest BCUT2D eigenvalue weighted by Gasteiger charge is 2.36. The summed E-state index contributed by atoms with van der Waals surface area (Å²) in [5.41, 5.74) is 1.52. The predicted molar refractivity (Wildman–Crippen MR) is 69.0 cm³/mol. The van der Waals surface area contributed by atoms with Gasteiger partial charge in [0.2, 0.25) is 11.8 Å². The van der Waals surface area contributed by atoms with Gasteiger partial charge >= 0.3 is 0 Å². The standard InChI is InChI=1S/C13H18N4O2/c1-8(2)12-13(19)16-6-11(18)17(12)7-10-5-14-9(3)4-15-10/h4-5,8,12H,6-7H2,1-3H3,(H,16,19). The first-order chi connectivity index (χ1) is 8.99. The maximum Gasteiger partial charge on any atom is 0.243 e. The second-order valence-corrected chi connectivity index (χ2v) is 5.08. The van der Waals surface area contributed by atoms with Crippen LogP contribution in [0.5, 0.6) is 0 Å². The monoisotopic (exact) mass is 262 g/mol. The Kier molecular flexibility index (Phi) is 3.78. The van der Waals surface area contributed by atoms with Crippen LogP contribution in [0.4, 0.5) is 0 Å². The largest absolute Gasteiger partial charge is 0.345 e. The van der Waals surface area contributed by atoms with Gasteiger partial charge in [0.1, 0.15) is 6.04 Å². The van der Waals surface area contributed by atoms with Crippen molar-refractivity contribution in [1.82, 2.24) is 20.2 Å². The molecule has 0 aliphatic carbocycles. The minimum atomic E-state index is -0.440. The van der Waals surface area contributed by atoms with E-state index in [1.165, 1.54) is 0 Å². The summed E-state index contributed by atoms with van der Waals surface area (Å²) in [4.78, 5) is 33.9. The van der Waals surface area contributed by atoms with Crippen LogP contribution in [-0.4, -0.2) is 39.3 Å². The molecular weight excluding hydrogens is 244 g/mol. The van der Waals surface area contributed by atoms with E-state index in [1.807, 2.05) is 20.8 Å². The van der Waals surface area contributed by atoms with Crippen LogP contribution in [0.25, 0.3) is 0 Å². The third kappa shape index (κ3) is 2.89. The molecule has 0 aromatic carbocycles. The zero-order valence-corrected chi connectivity index (χ0v) is 11.4. The summed E-state index contributed by atoms with van der Waals surface area (Å²) in [6, 6.07) is -0.440. The van der Waals surface area contributed by atoms with Gasteiger partial charge in [0.15, 0.2) is 0 Å². The first-order valence-electron chi connectivity index (χ1n) is 6.33. The van der Waals surface area contributed by atoms with Crippen molar-refractivity contribution in [2.75, 3.05) is 6.54 Å². The van der Waals surface area contributed by atoms with E-state index < -0.39 is 6.04 Å². The van der Waals surface area contributed by atoms with Crippen LogP contribution in [0.2, 0.25) is 0 Å². The molecule has 102 valence electrons. The molecule has 1 aliphatic rings. The van der Waals surface area contributed by atoms with Crippen LogP contribution in [0, 0.1) is 12.8 Å². The van der Waals surface area contributed by atoms with E-state index in [1.54, 1.807) is 17.3 Å². The number of nitrogens with zero attached hydrogens (tertiary/aromatic N) is 3. The lowest BCUT2D eigenvalue weighted by molar-refractivity contribution is -0.148. The van der Waals surface area contributed by atoms with Gasteiger partial charge in [-0.15, -0.1) is 0 Å². The Bertz CT molecular complexity index is 484. The van der Waals surface area contributed by atoms with E-state index in [2.05, 4.69) is 15.3 Å². The summed E-state index contributed by atoms with van der Waals surface area (Å²) in [6.07, 6.45) is 3.31. The predicted octanol–water partition coefficient (Wildman–Crippen LogP) is 0.268. The van der Waals surface area contributed by atoms with Crippen LogP contribution < -0.4 is 5.32 Å². The Morgan fingerprint density at radius 1 is 1.37 bits per heavy atom. The molecule has 0 radical (unpaired) electrons. The minimum Gasteiger partial charge on any atom is -0.345 e. The van der Waals surface area contributed by atoms with Crippen molar-refractivity contribution in [2.24, 2.45) is 5.92 Å². The van der Waals surface area contributed by atoms with Crippen molar-refractivity contribution in [3.05, 3.63) is 23.8 Å². The molecule has 19 heavy (non-hydrogen) atoms. The molecule has 1 aliphatic heterocycles. The van der Waals surface area contributed by atoms with Gasteiger partial charge in [-0.2, -0.15) is 0 Å². The molecule has 1 N–H and O–H groups in total. The lowest BCUT2D eigenvalue weighted by Crippen LogP contribution is -2.59. The van der Waals surface area contributed by atoms with E-state index in [9.17, 15) is 9.59 Å². The zero-order chi connectivity index (χ0) is 14.0. The van der Waals surface area contributed by atoms with Crippen LogP contribution in [-0.2, 0) is 16.1 Å². The van der Waals surface area contributed by atoms with Gasteiger partial charge in [0.25, 0.3) is 0 Å². The van der Waals surface area contributed by atoms with Gasteiger partial charge in [0, 0.05) is 6.20 Å². The molecule has 1 aromatic rings. The van der Waals surface area contributed by atoms with Crippen LogP contribution in [0.1, 0.15) is 25.2 Å². The van der Waals surface area contributed by atoms with Gasteiger partial charge < -0.3 is 10.2 Å². The number of carbonyl (C=O) groups is 2. The SMILES string of the molecule is Cc1cnc(CN2C(=O)CNC(=O)C2C(C)C)cn1. The maximum absolute atomic E-state index is 12.0. The van der Waals surface area contributed by atoms with E-state index in [0.29, 0.717) is 12.2 Å². The molecule has 6 nitrogen and oxygen atoms in total. The summed E-state index contributed by atoms with van der Waals surface area (Å²) in [5.74, 6) is -0.127. The number of rotatable bonds is 3. The van der Waals surface area contributed by atoms with E-state index in [0.717, 1.165) is 5.69 Å². The lowest BCUT2D eigenvalue weighted by atomic mass is 9.99. The molecule has 1 fully saturated rings. The average molecular weight is 262 g/mol. The molecule has 2 rings (SSSR count). The summed E-state index contributed by atoms with van der Waals surface area (Å²) >= 11 is 0. The number of amides is 2. The fraction of sp³-hybridized carbons (Fsp3) is 0.538. The Hall–Kier alpha value is -1.98. The molecule has 6 heteroatoms. The van der Waals surface area contributed by atoms with Gasteiger partial charge in [-0.25, -0.2) is 0 Å². The van der Waals surface area contributed by atoms with Gasteiger partial charge in [0.05, 0.1) is 30.7 Å². The normalized spacial score (nSPS) is 19.8. The van der Waals surface area contributed by atoms with Crippen LogP contribution in [0.3, 0.4) is 0 Å². The smallest absolute Gasteiger partial charge is 0.243 e. The number of aryl methyl sites for hydroxylation is 1. The lowest BCUT2D eigenvalue weighted by Gasteiger charge is -2.36. The molecule has 0 spiro atoms. The summed E-state index contributed by atoms with van der Waals surface area (Å²) in [5, 5.41) is 2.62. The van der Waals surface area contributed by atoms with Crippen LogP contribution >= 0.6 is 0 Å². The minimum absolute atomic E-state index is 0.0569. The number of nitrogens with one attached hydrogen (secondary N) is 1. The second kappa shape index (κ2) is 5.34. The summed E-state index contributed by atoms with van der Waals surface area (Å²) in [7, 11) is 0. The van der Waals surface area contributed by atoms with Gasteiger partial charge in [-0.3, -0.25) is 19.6 Å². The molecule has 0 bridgehead atoms. The number of hydrogen-bond acceptors (Lipinski definition) is 4. The molecule has 2 amide bonds. The Morgan fingerprint density at radius 3 is 2.68 bits per heavy atom. The van der Waals surface area contributed by atoms with Crippen molar-refractivity contribution < 1.29 is 9.59 Å². The number of hydrogen-bond donors (Lipinski definition) is 1. The molecule has 1 aromatic heterocycles. The number of carbonyl (C=O) groups excluding carboxylic acids is 2. The van der Waals surface area contributed by atoms with Crippen LogP contribution in [0.15, 0.2) is 12.4 Å². The number of piperazine rings is 1. The van der Waals surface area contributed by atoms with E-state index in [4.69, 9.17) is 0 Å². The van der Waals surface area contributed by atoms with Crippen molar-refractivity contribution in [3.8, 4) is 0 Å². The molecule has 0 saturated carbocycles. The fourth-order valence-corrected chi connectivity index (χ4v) is 2.19. The van der Waals surface area contributed by atoms with Crippen molar-refractivity contribution in [1.29, 1.82) is 0 Å². The topological polar surface area (TPSA) is 75.2 Å². The molecule has 2 heterocycles. The van der Waals surface area contributed by atoms with Crippen molar-refractivity contribution >= 4 is 11.8 Å². The van der Waals surface area contributed by atoms with Gasteiger partial charge in [-0.1, -0.05) is 13.8 Å². The Labute approximate surface area is 112 Å². The van der Waals surface area contributed by atoms with Gasteiger partial charge in [-0.05, 0) is 12.8 Å². The Morgan fingerprint density at radius 2 is 2.11 bits per heavy atom. The average Bonchev–Trinajstić information content (AvgIpc) is 2.36. The Balaban J connectivity index is 2.21. The zero-order valence-electron chi connectivity index (χ0n) is 11.4. The molecular formula is C13H18N4O2.